The van der Waals surface area contributed by atoms with Crippen LogP contribution in [0.1, 0.15) is 38.8 Å². The maximum atomic E-state index is 6.10. The first-order valence-corrected chi connectivity index (χ1v) is 8.86. The number of benzene rings is 1. The summed E-state index contributed by atoms with van der Waals surface area (Å²) in [5.41, 5.74) is 2.79. The summed E-state index contributed by atoms with van der Waals surface area (Å²) < 4.78 is 12.2. The summed E-state index contributed by atoms with van der Waals surface area (Å²) in [4.78, 5) is 0. The second kappa shape index (κ2) is 6.49. The Bertz CT molecular complexity index is 527. The highest BCUT2D eigenvalue weighted by molar-refractivity contribution is 9.08. The number of thiol groups is 1. The first kappa shape index (κ1) is 17.1. The summed E-state index contributed by atoms with van der Waals surface area (Å²) >= 11 is 7.93. The molecule has 2 rings (SSSR count). The molecule has 0 spiro atoms. The lowest BCUT2D eigenvalue weighted by Gasteiger charge is -2.32. The van der Waals surface area contributed by atoms with E-state index in [4.69, 9.17) is 9.31 Å². The molecule has 0 aliphatic carbocycles. The van der Waals surface area contributed by atoms with Gasteiger partial charge in [0.1, 0.15) is 0 Å². The van der Waals surface area contributed by atoms with Crippen LogP contribution >= 0.6 is 28.6 Å². The lowest BCUT2D eigenvalue weighted by molar-refractivity contribution is 0.00578. The zero-order chi connectivity index (χ0) is 15.7. The minimum Gasteiger partial charge on any atom is -0.400 e. The molecule has 1 saturated heterocycles. The van der Waals surface area contributed by atoms with E-state index < -0.39 is 0 Å². The number of rotatable bonds is 4. The van der Waals surface area contributed by atoms with Gasteiger partial charge in [0.15, 0.2) is 0 Å². The second-order valence-electron chi connectivity index (χ2n) is 6.34. The van der Waals surface area contributed by atoms with Gasteiger partial charge in [0.2, 0.25) is 0 Å². The van der Waals surface area contributed by atoms with Crippen LogP contribution in [-0.4, -0.2) is 24.1 Å². The van der Waals surface area contributed by atoms with Crippen molar-refractivity contribution in [1.29, 1.82) is 0 Å². The van der Waals surface area contributed by atoms with Crippen LogP contribution in [0.25, 0.3) is 6.08 Å². The van der Waals surface area contributed by atoms with Crippen molar-refractivity contribution < 1.29 is 9.31 Å². The Balaban J connectivity index is 2.26. The Morgan fingerprint density at radius 2 is 1.86 bits per heavy atom. The van der Waals surface area contributed by atoms with E-state index in [0.29, 0.717) is 5.75 Å². The zero-order valence-electron chi connectivity index (χ0n) is 13.0. The van der Waals surface area contributed by atoms with Gasteiger partial charge in [0.25, 0.3) is 0 Å². The fourth-order valence-corrected chi connectivity index (χ4v) is 2.75. The minimum absolute atomic E-state index is 0.322. The Hall–Kier alpha value is -0.225. The van der Waals surface area contributed by atoms with Gasteiger partial charge >= 0.3 is 7.12 Å². The first-order chi connectivity index (χ1) is 9.79. The monoisotopic (exact) mass is 368 g/mol. The summed E-state index contributed by atoms with van der Waals surface area (Å²) in [5.74, 6) is 0.607. The maximum absolute atomic E-state index is 6.10. The topological polar surface area (TPSA) is 18.5 Å². The Labute approximate surface area is 142 Å². The highest BCUT2D eigenvalue weighted by atomic mass is 79.9. The molecule has 0 atom stereocenters. The molecule has 1 aromatic carbocycles. The van der Waals surface area contributed by atoms with E-state index in [9.17, 15) is 0 Å². The Kier molecular flexibility index (Phi) is 5.29. The quantitative estimate of drug-likeness (QED) is 0.478. The van der Waals surface area contributed by atoms with Gasteiger partial charge in [0, 0.05) is 11.1 Å². The van der Waals surface area contributed by atoms with E-state index in [1.807, 2.05) is 0 Å². The molecule has 21 heavy (non-hydrogen) atoms. The average Bonchev–Trinajstić information content (AvgIpc) is 2.65. The van der Waals surface area contributed by atoms with Crippen LogP contribution in [0, 0.1) is 0 Å². The largest absolute Gasteiger partial charge is 0.491 e. The molecular weight excluding hydrogens is 347 g/mol. The molecule has 5 heteroatoms. The van der Waals surface area contributed by atoms with Crippen molar-refractivity contribution in [3.63, 3.8) is 0 Å². The molecule has 0 aromatic heterocycles. The van der Waals surface area contributed by atoms with Gasteiger partial charge in [-0.2, -0.15) is 12.6 Å². The van der Waals surface area contributed by atoms with Crippen LogP contribution in [0.15, 0.2) is 29.7 Å². The molecule has 0 saturated carbocycles. The van der Waals surface area contributed by atoms with Gasteiger partial charge < -0.3 is 9.31 Å². The van der Waals surface area contributed by atoms with Crippen molar-refractivity contribution in [3.05, 3.63) is 40.9 Å². The van der Waals surface area contributed by atoms with Gasteiger partial charge in [-0.3, -0.25) is 0 Å². The molecule has 0 bridgehead atoms. The SMILES string of the molecule is CC1(C)OB(C(=Cc2cccc(CBr)c2)CS)OC1(C)C. The van der Waals surface area contributed by atoms with E-state index in [0.717, 1.165) is 16.4 Å². The van der Waals surface area contributed by atoms with Crippen molar-refractivity contribution in [2.45, 2.75) is 44.2 Å². The lowest BCUT2D eigenvalue weighted by atomic mass is 9.78. The highest BCUT2D eigenvalue weighted by Gasteiger charge is 2.52. The molecule has 114 valence electrons. The van der Waals surface area contributed by atoms with Crippen molar-refractivity contribution in [2.75, 3.05) is 5.75 Å². The predicted molar refractivity (Wildman–Crippen MR) is 97.0 cm³/mol. The van der Waals surface area contributed by atoms with Crippen molar-refractivity contribution >= 4 is 41.8 Å². The number of hydrogen-bond donors (Lipinski definition) is 1. The molecule has 0 unspecified atom stereocenters. The van der Waals surface area contributed by atoms with Gasteiger partial charge in [-0.05, 0) is 44.3 Å². The van der Waals surface area contributed by atoms with Crippen LogP contribution in [-0.2, 0) is 14.6 Å². The van der Waals surface area contributed by atoms with E-state index in [-0.39, 0.29) is 18.3 Å². The molecule has 1 aliphatic heterocycles. The Morgan fingerprint density at radius 3 is 2.38 bits per heavy atom. The van der Waals surface area contributed by atoms with Crippen molar-refractivity contribution in [2.24, 2.45) is 0 Å². The van der Waals surface area contributed by atoms with Gasteiger partial charge in [-0.1, -0.05) is 46.3 Å². The van der Waals surface area contributed by atoms with E-state index in [1.54, 1.807) is 0 Å². The maximum Gasteiger partial charge on any atom is 0.491 e. The molecule has 2 nitrogen and oxygen atoms in total. The molecule has 1 aromatic rings. The highest BCUT2D eigenvalue weighted by Crippen LogP contribution is 2.39. The minimum atomic E-state index is -0.333. The third kappa shape index (κ3) is 3.76. The third-order valence-electron chi connectivity index (χ3n) is 4.20. The summed E-state index contributed by atoms with van der Waals surface area (Å²) in [7, 11) is -0.333. The molecule has 1 heterocycles. The molecule has 0 N–H and O–H groups in total. The Morgan fingerprint density at radius 1 is 1.24 bits per heavy atom. The van der Waals surface area contributed by atoms with E-state index in [1.165, 1.54) is 5.56 Å². The zero-order valence-corrected chi connectivity index (χ0v) is 15.5. The fraction of sp³-hybridized carbons (Fsp3) is 0.500. The summed E-state index contributed by atoms with van der Waals surface area (Å²) in [5, 5.41) is 0.849. The van der Waals surface area contributed by atoms with Crippen LogP contribution in [0.5, 0.6) is 0 Å². The first-order valence-electron chi connectivity index (χ1n) is 7.11. The van der Waals surface area contributed by atoms with Crippen LogP contribution in [0.4, 0.5) is 0 Å². The number of alkyl halides is 1. The van der Waals surface area contributed by atoms with Crippen LogP contribution in [0.3, 0.4) is 0 Å². The fourth-order valence-electron chi connectivity index (χ4n) is 2.16. The predicted octanol–water partition coefficient (Wildman–Crippen LogP) is 4.53. The third-order valence-corrected chi connectivity index (χ3v) is 5.21. The standard InChI is InChI=1S/C16H22BBrO2S/c1-15(2)16(3,4)20-17(19-15)14(11-21)9-12-6-5-7-13(8-12)10-18/h5-9,21H,10-11H2,1-4H3. The normalized spacial score (nSPS) is 20.9. The molecule has 0 amide bonds. The number of hydrogen-bond acceptors (Lipinski definition) is 3. The van der Waals surface area contributed by atoms with Gasteiger partial charge in [0.05, 0.1) is 11.2 Å². The van der Waals surface area contributed by atoms with E-state index >= 15 is 0 Å². The summed E-state index contributed by atoms with van der Waals surface area (Å²) in [6.45, 7) is 8.26. The smallest absolute Gasteiger partial charge is 0.400 e. The van der Waals surface area contributed by atoms with Crippen LogP contribution in [0.2, 0.25) is 0 Å². The molecule has 1 fully saturated rings. The number of halogens is 1. The average molecular weight is 369 g/mol. The molecule has 1 aliphatic rings. The van der Waals surface area contributed by atoms with Crippen LogP contribution < -0.4 is 0 Å². The lowest BCUT2D eigenvalue weighted by Crippen LogP contribution is -2.41. The summed E-state index contributed by atoms with van der Waals surface area (Å²) in [6.07, 6.45) is 2.11. The van der Waals surface area contributed by atoms with Gasteiger partial charge in [-0.15, -0.1) is 0 Å². The van der Waals surface area contributed by atoms with Gasteiger partial charge in [-0.25, -0.2) is 0 Å². The van der Waals surface area contributed by atoms with Crippen molar-refractivity contribution in [3.8, 4) is 0 Å². The second-order valence-corrected chi connectivity index (χ2v) is 7.22. The van der Waals surface area contributed by atoms with E-state index in [2.05, 4.69) is 86.6 Å². The summed E-state index contributed by atoms with van der Waals surface area (Å²) in [6, 6.07) is 8.40. The van der Waals surface area contributed by atoms with Crippen molar-refractivity contribution in [1.82, 2.24) is 0 Å². The molecular formula is C16H22BBrO2S. The molecule has 0 radical (unpaired) electrons.